The maximum atomic E-state index is 12.1. The first-order valence-corrected chi connectivity index (χ1v) is 7.59. The number of hydrogen-bond donors (Lipinski definition) is 1. The Labute approximate surface area is 130 Å². The first-order chi connectivity index (χ1) is 10.5. The maximum Gasteiger partial charge on any atom is 0.324 e. The van der Waals surface area contributed by atoms with E-state index in [0.29, 0.717) is 18.8 Å². The molecule has 0 saturated carbocycles. The molecule has 1 aliphatic rings. The number of hydrogen-bond acceptors (Lipinski definition) is 5. The van der Waals surface area contributed by atoms with Crippen LogP contribution in [0.5, 0.6) is 0 Å². The van der Waals surface area contributed by atoms with Gasteiger partial charge >= 0.3 is 6.03 Å². The summed E-state index contributed by atoms with van der Waals surface area (Å²) >= 11 is 1.56. The van der Waals surface area contributed by atoms with E-state index in [1.807, 2.05) is 19.1 Å². The van der Waals surface area contributed by atoms with Crippen LogP contribution in [0.3, 0.4) is 0 Å². The molecule has 114 valence electrons. The Morgan fingerprint density at radius 3 is 2.77 bits per heavy atom. The van der Waals surface area contributed by atoms with Crippen LogP contribution in [0.25, 0.3) is 10.6 Å². The van der Waals surface area contributed by atoms with Crippen molar-refractivity contribution in [3.8, 4) is 10.6 Å². The topological polar surface area (TPSA) is 84.3 Å². The lowest BCUT2D eigenvalue weighted by Gasteiger charge is -2.12. The van der Waals surface area contributed by atoms with Crippen molar-refractivity contribution in [1.82, 2.24) is 20.0 Å². The van der Waals surface area contributed by atoms with Crippen LogP contribution < -0.4 is 10.9 Å². The van der Waals surface area contributed by atoms with Crippen LogP contribution in [0.15, 0.2) is 29.1 Å². The van der Waals surface area contributed by atoms with E-state index in [1.54, 1.807) is 17.4 Å². The monoisotopic (exact) mass is 318 g/mol. The lowest BCUT2D eigenvalue weighted by molar-refractivity contribution is -0.128. The van der Waals surface area contributed by atoms with Gasteiger partial charge in [-0.25, -0.2) is 9.48 Å². The molecule has 1 fully saturated rings. The molecule has 0 aliphatic carbocycles. The van der Waals surface area contributed by atoms with Gasteiger partial charge in [0, 0.05) is 24.0 Å². The van der Waals surface area contributed by atoms with Crippen molar-refractivity contribution in [3.63, 3.8) is 0 Å². The normalized spacial score (nSPS) is 14.2. The van der Waals surface area contributed by atoms with E-state index in [1.165, 1.54) is 6.07 Å². The van der Waals surface area contributed by atoms with E-state index >= 15 is 0 Å². The van der Waals surface area contributed by atoms with Crippen molar-refractivity contribution in [2.24, 2.45) is 0 Å². The fraction of sp³-hybridized carbons (Fsp3) is 0.286. The molecule has 3 heterocycles. The number of nitrogens with one attached hydrogen (secondary N) is 1. The van der Waals surface area contributed by atoms with Crippen molar-refractivity contribution in [3.05, 3.63) is 39.5 Å². The second-order valence-corrected chi connectivity index (χ2v) is 6.19. The van der Waals surface area contributed by atoms with Crippen molar-refractivity contribution < 1.29 is 9.59 Å². The van der Waals surface area contributed by atoms with E-state index in [0.717, 1.165) is 19.3 Å². The molecule has 8 heteroatoms. The summed E-state index contributed by atoms with van der Waals surface area (Å²) in [6, 6.07) is 6.48. The molecule has 0 radical (unpaired) electrons. The molecule has 0 atom stereocenters. The van der Waals surface area contributed by atoms with Gasteiger partial charge in [-0.15, -0.1) is 11.3 Å². The third-order valence-electron chi connectivity index (χ3n) is 3.30. The Morgan fingerprint density at radius 1 is 1.32 bits per heavy atom. The van der Waals surface area contributed by atoms with Crippen LogP contribution in [-0.4, -0.2) is 39.7 Å². The molecule has 0 bridgehead atoms. The second-order valence-electron chi connectivity index (χ2n) is 4.90. The van der Waals surface area contributed by atoms with Gasteiger partial charge in [0.25, 0.3) is 11.5 Å². The van der Waals surface area contributed by atoms with E-state index in [9.17, 15) is 14.4 Å². The molecule has 0 aromatic carbocycles. The number of carbonyl (C=O) groups is 2. The highest BCUT2D eigenvalue weighted by atomic mass is 32.1. The van der Waals surface area contributed by atoms with Gasteiger partial charge in [0.1, 0.15) is 12.2 Å². The molecule has 1 aliphatic heterocycles. The summed E-state index contributed by atoms with van der Waals surface area (Å²) in [4.78, 5) is 38.6. The van der Waals surface area contributed by atoms with E-state index in [4.69, 9.17) is 0 Å². The first-order valence-electron chi connectivity index (χ1n) is 6.78. The van der Waals surface area contributed by atoms with Crippen LogP contribution >= 0.6 is 11.3 Å². The van der Waals surface area contributed by atoms with Gasteiger partial charge in [-0.3, -0.25) is 14.5 Å². The van der Waals surface area contributed by atoms with Crippen molar-refractivity contribution >= 4 is 23.3 Å². The molecule has 1 N–H and O–H groups in total. The Morgan fingerprint density at radius 2 is 2.14 bits per heavy atom. The highest BCUT2D eigenvalue weighted by molar-refractivity contribution is 7.15. The fourth-order valence-electron chi connectivity index (χ4n) is 2.19. The fourth-order valence-corrected chi connectivity index (χ4v) is 3.02. The molecule has 3 rings (SSSR count). The summed E-state index contributed by atoms with van der Waals surface area (Å²) in [6.07, 6.45) is 0. The van der Waals surface area contributed by atoms with Crippen LogP contribution in [0, 0.1) is 6.92 Å². The van der Waals surface area contributed by atoms with E-state index in [-0.39, 0.29) is 12.1 Å². The smallest absolute Gasteiger partial charge is 0.324 e. The van der Waals surface area contributed by atoms with E-state index in [2.05, 4.69) is 10.4 Å². The van der Waals surface area contributed by atoms with E-state index < -0.39 is 11.9 Å². The number of thiophene rings is 1. The second kappa shape index (κ2) is 5.72. The van der Waals surface area contributed by atoms with Gasteiger partial charge in [0.2, 0.25) is 0 Å². The molecular weight excluding hydrogens is 304 g/mol. The minimum atomic E-state index is -0.441. The summed E-state index contributed by atoms with van der Waals surface area (Å²) in [6.45, 7) is 2.49. The number of imide groups is 1. The number of carbonyl (C=O) groups excluding carboxylic acids is 2. The number of aryl methyl sites for hydroxylation is 1. The van der Waals surface area contributed by atoms with Gasteiger partial charge in [-0.1, -0.05) is 0 Å². The molecule has 7 nitrogen and oxygen atoms in total. The average molecular weight is 318 g/mol. The number of amides is 3. The number of aromatic nitrogens is 2. The summed E-state index contributed by atoms with van der Waals surface area (Å²) in [5.74, 6) is -0.441. The molecule has 3 amide bonds. The predicted molar refractivity (Wildman–Crippen MR) is 81.7 cm³/mol. The summed E-state index contributed by atoms with van der Waals surface area (Å²) in [5, 5.41) is 6.78. The molecule has 0 spiro atoms. The van der Waals surface area contributed by atoms with Gasteiger partial charge in [-0.05, 0) is 25.1 Å². The number of urea groups is 1. The standard InChI is InChI=1S/C14H14N4O3S/c1-9-2-4-11(22-9)10-3-5-12(19)18(16-10)8-13(20)17-7-6-15-14(17)21/h2-5H,6-8H2,1H3,(H,15,21). The minimum Gasteiger partial charge on any atom is -0.336 e. The number of nitrogens with zero attached hydrogens (tertiary/aromatic N) is 3. The Balaban J connectivity index is 1.85. The zero-order valence-corrected chi connectivity index (χ0v) is 12.7. The third-order valence-corrected chi connectivity index (χ3v) is 4.33. The molecule has 22 heavy (non-hydrogen) atoms. The predicted octanol–water partition coefficient (Wildman–Crippen LogP) is 0.832. The highest BCUT2D eigenvalue weighted by Crippen LogP contribution is 2.24. The van der Waals surface area contributed by atoms with Crippen LogP contribution in [0.2, 0.25) is 0 Å². The van der Waals surface area contributed by atoms with Crippen molar-refractivity contribution in [1.29, 1.82) is 0 Å². The Hall–Kier alpha value is -2.48. The average Bonchev–Trinajstić information content (AvgIpc) is 3.10. The third kappa shape index (κ3) is 2.77. The first kappa shape index (κ1) is 14.5. The Kier molecular flexibility index (Phi) is 3.76. The van der Waals surface area contributed by atoms with Crippen LogP contribution in [0.4, 0.5) is 4.79 Å². The lowest BCUT2D eigenvalue weighted by atomic mass is 10.3. The zero-order chi connectivity index (χ0) is 15.7. The van der Waals surface area contributed by atoms with Crippen molar-refractivity contribution in [2.75, 3.05) is 13.1 Å². The summed E-state index contributed by atoms with van der Waals surface area (Å²) in [5.41, 5.74) is 0.265. The molecule has 2 aromatic heterocycles. The molecule has 0 unspecified atom stereocenters. The SMILES string of the molecule is Cc1ccc(-c2ccc(=O)n(CC(=O)N3CCNC3=O)n2)s1. The summed E-state index contributed by atoms with van der Waals surface area (Å²) < 4.78 is 1.10. The maximum absolute atomic E-state index is 12.1. The van der Waals surface area contributed by atoms with Crippen molar-refractivity contribution in [2.45, 2.75) is 13.5 Å². The Bertz CT molecular complexity index is 795. The van der Waals surface area contributed by atoms with Crippen LogP contribution in [-0.2, 0) is 11.3 Å². The molecule has 2 aromatic rings. The quantitative estimate of drug-likeness (QED) is 0.908. The molecular formula is C14H14N4O3S. The molecule has 1 saturated heterocycles. The van der Waals surface area contributed by atoms with Gasteiger partial charge in [-0.2, -0.15) is 5.10 Å². The lowest BCUT2D eigenvalue weighted by Crippen LogP contribution is -2.39. The minimum absolute atomic E-state index is 0.246. The largest absolute Gasteiger partial charge is 0.336 e. The zero-order valence-electron chi connectivity index (χ0n) is 11.9. The van der Waals surface area contributed by atoms with Gasteiger partial charge in [0.15, 0.2) is 0 Å². The highest BCUT2D eigenvalue weighted by Gasteiger charge is 2.26. The number of rotatable bonds is 3. The van der Waals surface area contributed by atoms with Crippen LogP contribution in [0.1, 0.15) is 4.88 Å². The summed E-state index contributed by atoms with van der Waals surface area (Å²) in [7, 11) is 0. The van der Waals surface area contributed by atoms with Gasteiger partial charge < -0.3 is 5.32 Å². The van der Waals surface area contributed by atoms with Gasteiger partial charge in [0.05, 0.1) is 4.88 Å².